The molecule has 0 heterocycles. The highest BCUT2D eigenvalue weighted by Crippen LogP contribution is 2.29. The number of carbonyl (C=O) groups is 1. The van der Waals surface area contributed by atoms with Crippen molar-refractivity contribution in [2.45, 2.75) is 32.8 Å². The average Bonchev–Trinajstić information content (AvgIpc) is 2.43. The molecule has 2 aromatic carbocycles. The van der Waals surface area contributed by atoms with Crippen LogP contribution in [0.15, 0.2) is 36.4 Å². The van der Waals surface area contributed by atoms with Gasteiger partial charge < -0.3 is 9.84 Å². The smallest absolute Gasteiger partial charge is 0.340 e. The summed E-state index contributed by atoms with van der Waals surface area (Å²) in [4.78, 5) is 11.5. The molecule has 0 fully saturated rings. The fraction of sp³-hybridized carbons (Fsp3) is 0.312. The highest BCUT2D eigenvalue weighted by atomic mass is 16.5. The van der Waals surface area contributed by atoms with Crippen LogP contribution in [0.2, 0.25) is 0 Å². The number of hydrogen-bond acceptors (Lipinski definition) is 2. The van der Waals surface area contributed by atoms with E-state index in [-0.39, 0.29) is 11.7 Å². The first-order chi connectivity index (χ1) is 9.17. The molecule has 0 aliphatic carbocycles. The van der Waals surface area contributed by atoms with Crippen LogP contribution in [0.25, 0.3) is 10.8 Å². The lowest BCUT2D eigenvalue weighted by Gasteiger charge is -2.18. The third-order valence-corrected chi connectivity index (χ3v) is 3.31. The molecule has 2 aromatic rings. The van der Waals surface area contributed by atoms with Gasteiger partial charge in [0.05, 0.1) is 6.10 Å². The van der Waals surface area contributed by atoms with Crippen LogP contribution in [-0.2, 0) is 0 Å². The van der Waals surface area contributed by atoms with E-state index in [0.29, 0.717) is 5.75 Å². The number of ether oxygens (including phenoxy) is 1. The summed E-state index contributed by atoms with van der Waals surface area (Å²) in [5.41, 5.74) is 0.255. The standard InChI is InChI=1S/C16H18O3/c1-3-12(4-2)19-14-10-9-11-7-5-6-8-13(11)15(14)16(17)18/h5-10,12H,3-4H2,1-2H3,(H,17,18). The molecule has 0 aliphatic heterocycles. The summed E-state index contributed by atoms with van der Waals surface area (Å²) in [5.74, 6) is -0.488. The Balaban J connectivity index is 2.54. The van der Waals surface area contributed by atoms with Crippen molar-refractivity contribution in [3.8, 4) is 5.75 Å². The molecule has 3 nitrogen and oxygen atoms in total. The van der Waals surface area contributed by atoms with Gasteiger partial charge in [0.1, 0.15) is 11.3 Å². The van der Waals surface area contributed by atoms with E-state index in [0.717, 1.165) is 23.6 Å². The number of benzene rings is 2. The summed E-state index contributed by atoms with van der Waals surface area (Å²) in [6, 6.07) is 11.1. The number of aromatic carboxylic acids is 1. The Bertz CT molecular complexity index is 586. The van der Waals surface area contributed by atoms with E-state index in [1.165, 1.54) is 0 Å². The number of hydrogen-bond donors (Lipinski definition) is 1. The minimum atomic E-state index is -0.947. The SMILES string of the molecule is CCC(CC)Oc1ccc2ccccc2c1C(=O)O. The predicted octanol–water partition coefficient (Wildman–Crippen LogP) is 4.11. The third kappa shape index (κ3) is 2.70. The van der Waals surface area contributed by atoms with Gasteiger partial charge in [0.25, 0.3) is 0 Å². The monoisotopic (exact) mass is 258 g/mol. The molecule has 0 bridgehead atoms. The van der Waals surface area contributed by atoms with Crippen molar-refractivity contribution in [1.82, 2.24) is 0 Å². The molecule has 0 aliphatic rings. The van der Waals surface area contributed by atoms with Gasteiger partial charge in [-0.1, -0.05) is 44.2 Å². The lowest BCUT2D eigenvalue weighted by molar-refractivity contribution is 0.0691. The Morgan fingerprint density at radius 2 is 1.84 bits per heavy atom. The van der Waals surface area contributed by atoms with Gasteiger partial charge in [0, 0.05) is 0 Å². The van der Waals surface area contributed by atoms with Crippen LogP contribution in [-0.4, -0.2) is 17.2 Å². The van der Waals surface area contributed by atoms with E-state index in [1.54, 1.807) is 6.07 Å². The number of rotatable bonds is 5. The molecular weight excluding hydrogens is 240 g/mol. The Morgan fingerprint density at radius 1 is 1.16 bits per heavy atom. The van der Waals surface area contributed by atoms with Gasteiger partial charge in [-0.2, -0.15) is 0 Å². The predicted molar refractivity (Wildman–Crippen MR) is 75.9 cm³/mol. The molecule has 0 spiro atoms. The topological polar surface area (TPSA) is 46.5 Å². The Hall–Kier alpha value is -2.03. The maximum absolute atomic E-state index is 11.5. The van der Waals surface area contributed by atoms with Crippen LogP contribution in [0.3, 0.4) is 0 Å². The molecule has 0 unspecified atom stereocenters. The highest BCUT2D eigenvalue weighted by Gasteiger charge is 2.17. The Labute approximate surface area is 112 Å². The molecule has 2 rings (SSSR count). The van der Waals surface area contributed by atoms with E-state index in [1.807, 2.05) is 44.2 Å². The molecule has 100 valence electrons. The van der Waals surface area contributed by atoms with Crippen molar-refractivity contribution in [2.24, 2.45) is 0 Å². The number of carboxylic acid groups (broad SMARTS) is 1. The first-order valence-electron chi connectivity index (χ1n) is 6.59. The van der Waals surface area contributed by atoms with Crippen LogP contribution in [0.5, 0.6) is 5.75 Å². The first kappa shape index (κ1) is 13.4. The molecule has 0 aromatic heterocycles. The molecule has 0 amide bonds. The van der Waals surface area contributed by atoms with Crippen molar-refractivity contribution in [3.05, 3.63) is 42.0 Å². The summed E-state index contributed by atoms with van der Waals surface area (Å²) in [6.07, 6.45) is 1.78. The number of fused-ring (bicyclic) bond motifs is 1. The first-order valence-corrected chi connectivity index (χ1v) is 6.59. The summed E-state index contributed by atoms with van der Waals surface area (Å²) in [7, 11) is 0. The summed E-state index contributed by atoms with van der Waals surface area (Å²) in [5, 5.41) is 11.1. The van der Waals surface area contributed by atoms with Gasteiger partial charge in [-0.15, -0.1) is 0 Å². The van der Waals surface area contributed by atoms with E-state index in [9.17, 15) is 9.90 Å². The highest BCUT2D eigenvalue weighted by molar-refractivity contribution is 6.06. The second kappa shape index (κ2) is 5.74. The van der Waals surface area contributed by atoms with Crippen molar-refractivity contribution >= 4 is 16.7 Å². The zero-order valence-corrected chi connectivity index (χ0v) is 11.2. The van der Waals surface area contributed by atoms with Gasteiger partial charge in [0.15, 0.2) is 0 Å². The molecule has 0 radical (unpaired) electrons. The van der Waals surface area contributed by atoms with Gasteiger partial charge in [-0.3, -0.25) is 0 Å². The lowest BCUT2D eigenvalue weighted by Crippen LogP contribution is -2.16. The zero-order chi connectivity index (χ0) is 13.8. The van der Waals surface area contributed by atoms with E-state index < -0.39 is 5.97 Å². The van der Waals surface area contributed by atoms with Gasteiger partial charge in [0.2, 0.25) is 0 Å². The van der Waals surface area contributed by atoms with Crippen LogP contribution in [0.1, 0.15) is 37.0 Å². The van der Waals surface area contributed by atoms with E-state index >= 15 is 0 Å². The molecule has 0 atom stereocenters. The molecule has 0 saturated carbocycles. The Morgan fingerprint density at radius 3 is 2.47 bits per heavy atom. The van der Waals surface area contributed by atoms with Crippen molar-refractivity contribution in [3.63, 3.8) is 0 Å². The van der Waals surface area contributed by atoms with Crippen molar-refractivity contribution in [1.29, 1.82) is 0 Å². The second-order valence-electron chi connectivity index (χ2n) is 4.52. The maximum Gasteiger partial charge on any atom is 0.340 e. The van der Waals surface area contributed by atoms with Crippen LogP contribution < -0.4 is 4.74 Å². The van der Waals surface area contributed by atoms with Gasteiger partial charge >= 0.3 is 5.97 Å². The van der Waals surface area contributed by atoms with E-state index in [4.69, 9.17) is 4.74 Å². The third-order valence-electron chi connectivity index (χ3n) is 3.31. The minimum absolute atomic E-state index is 0.0549. The van der Waals surface area contributed by atoms with Crippen LogP contribution in [0.4, 0.5) is 0 Å². The summed E-state index contributed by atoms with van der Waals surface area (Å²) < 4.78 is 5.83. The lowest BCUT2D eigenvalue weighted by atomic mass is 10.0. The van der Waals surface area contributed by atoms with Gasteiger partial charge in [-0.25, -0.2) is 4.79 Å². The fourth-order valence-corrected chi connectivity index (χ4v) is 2.21. The quantitative estimate of drug-likeness (QED) is 0.878. The molecular formula is C16H18O3. The Kier molecular flexibility index (Phi) is 4.05. The summed E-state index contributed by atoms with van der Waals surface area (Å²) in [6.45, 7) is 4.07. The van der Waals surface area contributed by atoms with Crippen LogP contribution >= 0.6 is 0 Å². The molecule has 1 N–H and O–H groups in total. The van der Waals surface area contributed by atoms with Crippen molar-refractivity contribution in [2.75, 3.05) is 0 Å². The van der Waals surface area contributed by atoms with Crippen molar-refractivity contribution < 1.29 is 14.6 Å². The van der Waals surface area contributed by atoms with Crippen LogP contribution in [0, 0.1) is 0 Å². The molecule has 0 saturated heterocycles. The van der Waals surface area contributed by atoms with Gasteiger partial charge in [-0.05, 0) is 29.7 Å². The zero-order valence-electron chi connectivity index (χ0n) is 11.2. The molecule has 19 heavy (non-hydrogen) atoms. The maximum atomic E-state index is 11.5. The normalized spacial score (nSPS) is 10.9. The average molecular weight is 258 g/mol. The molecule has 3 heteroatoms. The second-order valence-corrected chi connectivity index (χ2v) is 4.52. The number of carboxylic acids is 1. The summed E-state index contributed by atoms with van der Waals surface area (Å²) >= 11 is 0. The minimum Gasteiger partial charge on any atom is -0.490 e. The largest absolute Gasteiger partial charge is 0.490 e. The van der Waals surface area contributed by atoms with E-state index in [2.05, 4.69) is 0 Å². The fourth-order valence-electron chi connectivity index (χ4n) is 2.21.